The van der Waals surface area contributed by atoms with Crippen LogP contribution < -0.4 is 5.73 Å². The van der Waals surface area contributed by atoms with Crippen molar-refractivity contribution in [1.82, 2.24) is 4.90 Å². The number of nitrogens with two attached hydrogens (primary N) is 1. The molecule has 0 aliphatic carbocycles. The van der Waals surface area contributed by atoms with Crippen LogP contribution in [0.15, 0.2) is 0 Å². The van der Waals surface area contributed by atoms with Crippen molar-refractivity contribution in [2.24, 2.45) is 17.6 Å². The van der Waals surface area contributed by atoms with Gasteiger partial charge in [0.25, 0.3) is 0 Å². The molecule has 78 valence electrons. The molecular weight excluding hydrogens is 160 g/mol. The van der Waals surface area contributed by atoms with Crippen LogP contribution in [-0.2, 0) is 0 Å². The highest BCUT2D eigenvalue weighted by molar-refractivity contribution is 4.88. The summed E-state index contributed by atoms with van der Waals surface area (Å²) in [6, 6.07) is 1.06. The van der Waals surface area contributed by atoms with Gasteiger partial charge in [-0.05, 0) is 32.1 Å². The molecule has 0 bridgehead atoms. The van der Waals surface area contributed by atoms with Gasteiger partial charge in [-0.15, -0.1) is 0 Å². The van der Waals surface area contributed by atoms with E-state index >= 15 is 0 Å². The molecule has 1 aliphatic rings. The van der Waals surface area contributed by atoms with Crippen LogP contribution in [0.25, 0.3) is 0 Å². The molecule has 2 heteroatoms. The van der Waals surface area contributed by atoms with E-state index in [2.05, 4.69) is 32.6 Å². The van der Waals surface area contributed by atoms with Crippen LogP contribution in [0.3, 0.4) is 0 Å². The fourth-order valence-corrected chi connectivity index (χ4v) is 2.21. The van der Waals surface area contributed by atoms with Gasteiger partial charge in [0.2, 0.25) is 0 Å². The van der Waals surface area contributed by atoms with E-state index in [4.69, 9.17) is 5.73 Å². The summed E-state index contributed by atoms with van der Waals surface area (Å²) in [4.78, 5) is 2.50. The van der Waals surface area contributed by atoms with Gasteiger partial charge in [0.15, 0.2) is 0 Å². The van der Waals surface area contributed by atoms with Crippen molar-refractivity contribution in [2.75, 3.05) is 13.1 Å². The first-order valence-corrected chi connectivity index (χ1v) is 5.50. The first-order chi connectivity index (χ1) is 6.00. The van der Waals surface area contributed by atoms with Crippen molar-refractivity contribution >= 4 is 0 Å². The van der Waals surface area contributed by atoms with E-state index in [1.54, 1.807) is 0 Å². The molecule has 13 heavy (non-hydrogen) atoms. The van der Waals surface area contributed by atoms with Crippen LogP contribution in [0.2, 0.25) is 0 Å². The second kappa shape index (κ2) is 4.43. The van der Waals surface area contributed by atoms with E-state index in [1.807, 2.05) is 0 Å². The van der Waals surface area contributed by atoms with E-state index in [-0.39, 0.29) is 0 Å². The summed E-state index contributed by atoms with van der Waals surface area (Å²) in [6.07, 6.45) is 1.28. The van der Waals surface area contributed by atoms with Crippen LogP contribution in [0.4, 0.5) is 0 Å². The fraction of sp³-hybridized carbons (Fsp3) is 1.00. The Morgan fingerprint density at radius 2 is 1.85 bits per heavy atom. The molecule has 2 nitrogen and oxygen atoms in total. The zero-order valence-corrected chi connectivity index (χ0v) is 9.46. The third-order valence-corrected chi connectivity index (χ3v) is 3.02. The summed E-state index contributed by atoms with van der Waals surface area (Å²) in [5.41, 5.74) is 6.11. The van der Waals surface area contributed by atoms with Gasteiger partial charge < -0.3 is 5.73 Å². The summed E-state index contributed by atoms with van der Waals surface area (Å²) in [5.74, 6) is 1.51. The fourth-order valence-electron chi connectivity index (χ4n) is 2.21. The van der Waals surface area contributed by atoms with Crippen molar-refractivity contribution in [3.63, 3.8) is 0 Å². The highest BCUT2D eigenvalue weighted by atomic mass is 15.2. The van der Waals surface area contributed by atoms with Crippen molar-refractivity contribution in [3.05, 3.63) is 0 Å². The molecule has 0 spiro atoms. The smallest absolute Gasteiger partial charge is 0.0209 e. The second-order valence-corrected chi connectivity index (χ2v) is 5.10. The molecule has 1 rings (SSSR count). The van der Waals surface area contributed by atoms with Gasteiger partial charge in [-0.1, -0.05) is 13.8 Å². The number of rotatable bonds is 3. The molecule has 0 amide bonds. The highest BCUT2D eigenvalue weighted by Crippen LogP contribution is 2.23. The highest BCUT2D eigenvalue weighted by Gasteiger charge is 2.31. The minimum absolute atomic E-state index is 0.407. The average Bonchev–Trinajstić information content (AvgIpc) is 2.31. The molecule has 1 fully saturated rings. The van der Waals surface area contributed by atoms with Crippen LogP contribution >= 0.6 is 0 Å². The molecule has 1 saturated heterocycles. The normalized spacial score (nSPS) is 30.7. The summed E-state index contributed by atoms with van der Waals surface area (Å²) < 4.78 is 0. The summed E-state index contributed by atoms with van der Waals surface area (Å²) in [7, 11) is 0. The van der Waals surface area contributed by atoms with E-state index in [1.165, 1.54) is 13.0 Å². The Morgan fingerprint density at radius 3 is 2.23 bits per heavy atom. The molecule has 0 aromatic carbocycles. The van der Waals surface area contributed by atoms with E-state index in [9.17, 15) is 0 Å². The summed E-state index contributed by atoms with van der Waals surface area (Å²) in [6.45, 7) is 11.4. The first-order valence-electron chi connectivity index (χ1n) is 5.50. The molecule has 2 atom stereocenters. The Hall–Kier alpha value is -0.0800. The Kier molecular flexibility index (Phi) is 3.74. The average molecular weight is 184 g/mol. The molecule has 1 aliphatic heterocycles. The Balaban J connectivity index is 2.42. The van der Waals surface area contributed by atoms with Gasteiger partial charge in [0, 0.05) is 25.2 Å². The molecular formula is C11H24N2. The van der Waals surface area contributed by atoms with E-state index in [0.29, 0.717) is 12.1 Å². The van der Waals surface area contributed by atoms with Crippen molar-refractivity contribution in [1.29, 1.82) is 0 Å². The van der Waals surface area contributed by atoms with E-state index < -0.39 is 0 Å². The Bertz CT molecular complexity index is 154. The molecule has 1 heterocycles. The van der Waals surface area contributed by atoms with Crippen molar-refractivity contribution in [2.45, 2.75) is 46.2 Å². The number of likely N-dealkylation sites (tertiary alicyclic amines) is 1. The van der Waals surface area contributed by atoms with Crippen molar-refractivity contribution < 1.29 is 0 Å². The molecule has 2 N–H and O–H groups in total. The van der Waals surface area contributed by atoms with Crippen LogP contribution in [0.1, 0.15) is 34.1 Å². The maximum absolute atomic E-state index is 6.11. The number of hydrogen-bond acceptors (Lipinski definition) is 2. The zero-order chi connectivity index (χ0) is 10.0. The molecule has 0 aromatic rings. The minimum atomic E-state index is 0.407. The number of hydrogen-bond donors (Lipinski definition) is 1. The molecule has 2 unspecified atom stereocenters. The van der Waals surface area contributed by atoms with Gasteiger partial charge in [0.05, 0.1) is 0 Å². The Morgan fingerprint density at radius 1 is 1.23 bits per heavy atom. The maximum Gasteiger partial charge on any atom is 0.0209 e. The summed E-state index contributed by atoms with van der Waals surface area (Å²) >= 11 is 0. The lowest BCUT2D eigenvalue weighted by Gasteiger charge is -2.20. The van der Waals surface area contributed by atoms with Crippen molar-refractivity contribution in [3.8, 4) is 0 Å². The second-order valence-electron chi connectivity index (χ2n) is 5.10. The summed E-state index contributed by atoms with van der Waals surface area (Å²) in [5, 5.41) is 0. The topological polar surface area (TPSA) is 29.3 Å². The van der Waals surface area contributed by atoms with Crippen LogP contribution in [0, 0.1) is 11.8 Å². The minimum Gasteiger partial charge on any atom is -0.326 e. The van der Waals surface area contributed by atoms with Gasteiger partial charge in [0.1, 0.15) is 0 Å². The molecule has 0 radical (unpaired) electrons. The SMILES string of the molecule is CC(C)CC1CN(C(C)C)CC1N. The standard InChI is InChI=1S/C11H24N2/c1-8(2)5-10-6-13(9(3)4)7-11(10)12/h8-11H,5-7,12H2,1-4H3. The van der Waals surface area contributed by atoms with Gasteiger partial charge in [-0.2, -0.15) is 0 Å². The van der Waals surface area contributed by atoms with Gasteiger partial charge in [-0.25, -0.2) is 0 Å². The van der Waals surface area contributed by atoms with Crippen LogP contribution in [0.5, 0.6) is 0 Å². The maximum atomic E-state index is 6.11. The lowest BCUT2D eigenvalue weighted by atomic mass is 9.93. The largest absolute Gasteiger partial charge is 0.326 e. The third kappa shape index (κ3) is 2.96. The van der Waals surface area contributed by atoms with Gasteiger partial charge in [-0.3, -0.25) is 4.90 Å². The lowest BCUT2D eigenvalue weighted by Crippen LogP contribution is -2.32. The Labute approximate surface area is 82.5 Å². The van der Waals surface area contributed by atoms with E-state index in [0.717, 1.165) is 18.4 Å². The first kappa shape index (κ1) is 11.0. The third-order valence-electron chi connectivity index (χ3n) is 3.02. The number of nitrogens with zero attached hydrogens (tertiary/aromatic N) is 1. The molecule has 0 aromatic heterocycles. The predicted octanol–water partition coefficient (Wildman–Crippen LogP) is 1.70. The molecule has 0 saturated carbocycles. The van der Waals surface area contributed by atoms with Crippen LogP contribution in [-0.4, -0.2) is 30.1 Å². The zero-order valence-electron chi connectivity index (χ0n) is 9.46. The monoisotopic (exact) mass is 184 g/mol. The quantitative estimate of drug-likeness (QED) is 0.723. The van der Waals surface area contributed by atoms with Gasteiger partial charge >= 0.3 is 0 Å². The lowest BCUT2D eigenvalue weighted by molar-refractivity contribution is 0.258. The predicted molar refractivity (Wildman–Crippen MR) is 57.6 cm³/mol.